The van der Waals surface area contributed by atoms with E-state index in [1.807, 2.05) is 19.1 Å². The van der Waals surface area contributed by atoms with Gasteiger partial charge in [-0.2, -0.15) is 10.9 Å². The van der Waals surface area contributed by atoms with Gasteiger partial charge >= 0.3 is 0 Å². The van der Waals surface area contributed by atoms with Crippen molar-refractivity contribution in [3.05, 3.63) is 96.5 Å². The summed E-state index contributed by atoms with van der Waals surface area (Å²) in [7, 11) is -0.534. The van der Waals surface area contributed by atoms with Gasteiger partial charge in [0.15, 0.2) is 0 Å². The largest absolute Gasteiger partial charge is 0.173 e. The molecular weight excluding hydrogens is 260 g/mol. The average molecular weight is 280 g/mol. The first-order valence-corrected chi connectivity index (χ1v) is 8.06. The molecule has 0 fully saturated rings. The van der Waals surface area contributed by atoms with Crippen LogP contribution >= 0.6 is 10.9 Å². The number of benzene rings is 2. The Bertz CT molecular complexity index is 555. The molecule has 1 heteroatoms. The highest BCUT2D eigenvalue weighted by molar-refractivity contribution is 8.20. The molecule has 0 aliphatic rings. The second-order valence-electron chi connectivity index (χ2n) is 4.33. The van der Waals surface area contributed by atoms with E-state index in [1.54, 1.807) is 0 Å². The first kappa shape index (κ1) is 14.4. The number of hydrogen-bond acceptors (Lipinski definition) is 0. The predicted octanol–water partition coefficient (Wildman–Crippen LogP) is 5.75. The molecule has 0 amide bonds. The van der Waals surface area contributed by atoms with Crippen molar-refractivity contribution in [1.82, 2.24) is 0 Å². The average Bonchev–Trinajstić information content (AvgIpc) is 2.53. The summed E-state index contributed by atoms with van der Waals surface area (Å²) in [6, 6.07) is 21.3. The Balaban J connectivity index is 2.52. The highest BCUT2D eigenvalue weighted by Crippen LogP contribution is 2.51. The molecule has 102 valence electrons. The number of allylic oxidation sites excluding steroid dienone is 4. The minimum atomic E-state index is -0.534. The Kier molecular flexibility index (Phi) is 5.45. The lowest BCUT2D eigenvalue weighted by atomic mass is 10.4. The van der Waals surface area contributed by atoms with Crippen LogP contribution in [-0.2, 0) is 0 Å². The van der Waals surface area contributed by atoms with Crippen LogP contribution in [0.5, 0.6) is 0 Å². The summed E-state index contributed by atoms with van der Waals surface area (Å²) >= 11 is 0. The SMILES string of the molecule is C=C/C(=C\C=C/C)[SH](c1ccccc1)c1ccccc1. The summed E-state index contributed by atoms with van der Waals surface area (Å²) in [5.74, 6) is 0. The molecular formula is C19H20S. The fourth-order valence-corrected chi connectivity index (χ4v) is 4.28. The number of thiol groups is 1. The van der Waals surface area contributed by atoms with E-state index >= 15 is 0 Å². The summed E-state index contributed by atoms with van der Waals surface area (Å²) in [5, 5.41) is 0. The zero-order valence-electron chi connectivity index (χ0n) is 11.7. The molecule has 0 bridgehead atoms. The van der Waals surface area contributed by atoms with Crippen molar-refractivity contribution in [3.8, 4) is 0 Å². The lowest BCUT2D eigenvalue weighted by molar-refractivity contribution is 1.38. The molecule has 2 rings (SSSR count). The van der Waals surface area contributed by atoms with E-state index in [0.29, 0.717) is 0 Å². The van der Waals surface area contributed by atoms with Crippen LogP contribution in [-0.4, -0.2) is 0 Å². The fourth-order valence-electron chi connectivity index (χ4n) is 2.03. The molecule has 0 radical (unpaired) electrons. The van der Waals surface area contributed by atoms with Crippen LogP contribution < -0.4 is 0 Å². The summed E-state index contributed by atoms with van der Waals surface area (Å²) in [6.45, 7) is 6.03. The standard InChI is InChI=1S/C19H20S/c1-3-5-12-17(4-2)20(18-13-8-6-9-14-18)19-15-10-7-11-16-19/h3-16,20H,2H2,1H3/b5-3-,17-12+. The predicted molar refractivity (Wildman–Crippen MR) is 91.5 cm³/mol. The van der Waals surface area contributed by atoms with Crippen molar-refractivity contribution in [2.75, 3.05) is 0 Å². The van der Waals surface area contributed by atoms with Gasteiger partial charge in [0, 0.05) is 0 Å². The summed E-state index contributed by atoms with van der Waals surface area (Å²) in [5.41, 5.74) is 0. The molecule has 2 aromatic carbocycles. The van der Waals surface area contributed by atoms with Gasteiger partial charge in [0.1, 0.15) is 0 Å². The van der Waals surface area contributed by atoms with Crippen LogP contribution in [0.15, 0.2) is 106 Å². The molecule has 0 nitrogen and oxygen atoms in total. The third kappa shape index (κ3) is 3.52. The van der Waals surface area contributed by atoms with Gasteiger partial charge in [-0.3, -0.25) is 0 Å². The summed E-state index contributed by atoms with van der Waals surface area (Å²) in [4.78, 5) is 3.98. The van der Waals surface area contributed by atoms with Gasteiger partial charge in [0.05, 0.1) is 0 Å². The van der Waals surface area contributed by atoms with Crippen molar-refractivity contribution >= 4 is 10.9 Å². The minimum Gasteiger partial charge on any atom is -0.173 e. The zero-order chi connectivity index (χ0) is 14.2. The molecule has 0 heterocycles. The van der Waals surface area contributed by atoms with Crippen LogP contribution in [0.1, 0.15) is 6.92 Å². The quantitative estimate of drug-likeness (QED) is 0.523. The highest BCUT2D eigenvalue weighted by atomic mass is 32.2. The van der Waals surface area contributed by atoms with Crippen LogP contribution in [0.25, 0.3) is 0 Å². The molecule has 0 atom stereocenters. The van der Waals surface area contributed by atoms with Crippen LogP contribution in [0.4, 0.5) is 0 Å². The van der Waals surface area contributed by atoms with E-state index in [2.05, 4.69) is 79.4 Å². The summed E-state index contributed by atoms with van der Waals surface area (Å²) < 4.78 is 0. The van der Waals surface area contributed by atoms with Crippen LogP contribution in [0.3, 0.4) is 0 Å². The van der Waals surface area contributed by atoms with E-state index in [4.69, 9.17) is 0 Å². The molecule has 0 aliphatic carbocycles. The van der Waals surface area contributed by atoms with Gasteiger partial charge in [0.2, 0.25) is 0 Å². The molecule has 0 saturated carbocycles. The fraction of sp³-hybridized carbons (Fsp3) is 0.0526. The Morgan fingerprint density at radius 3 is 1.80 bits per heavy atom. The van der Waals surface area contributed by atoms with Crippen molar-refractivity contribution < 1.29 is 0 Å². The highest BCUT2D eigenvalue weighted by Gasteiger charge is 2.11. The monoisotopic (exact) mass is 280 g/mol. The normalized spacial score (nSPS) is 12.4. The third-order valence-electron chi connectivity index (χ3n) is 2.96. The Hall–Kier alpha value is -1.99. The van der Waals surface area contributed by atoms with Crippen molar-refractivity contribution in [2.24, 2.45) is 0 Å². The molecule has 20 heavy (non-hydrogen) atoms. The van der Waals surface area contributed by atoms with Gasteiger partial charge in [-0.1, -0.05) is 67.3 Å². The van der Waals surface area contributed by atoms with E-state index in [9.17, 15) is 0 Å². The van der Waals surface area contributed by atoms with Crippen molar-refractivity contribution in [2.45, 2.75) is 16.7 Å². The van der Waals surface area contributed by atoms with Crippen LogP contribution in [0, 0.1) is 0 Å². The zero-order valence-corrected chi connectivity index (χ0v) is 12.6. The molecule has 2 aromatic rings. The second kappa shape index (κ2) is 7.56. The van der Waals surface area contributed by atoms with E-state index in [0.717, 1.165) is 0 Å². The number of rotatable bonds is 5. The maximum atomic E-state index is 4.00. The lowest BCUT2D eigenvalue weighted by Crippen LogP contribution is -1.88. The van der Waals surface area contributed by atoms with Crippen molar-refractivity contribution in [1.29, 1.82) is 0 Å². The minimum absolute atomic E-state index is 0.534. The van der Waals surface area contributed by atoms with E-state index < -0.39 is 10.9 Å². The van der Waals surface area contributed by atoms with Gasteiger partial charge in [-0.25, -0.2) is 0 Å². The van der Waals surface area contributed by atoms with E-state index in [-0.39, 0.29) is 0 Å². The van der Waals surface area contributed by atoms with E-state index in [1.165, 1.54) is 14.7 Å². The molecule has 0 unspecified atom stereocenters. The second-order valence-corrected chi connectivity index (χ2v) is 6.55. The molecule has 0 saturated heterocycles. The maximum Gasteiger partial charge on any atom is -0.00452 e. The maximum absolute atomic E-state index is 4.00. The van der Waals surface area contributed by atoms with Crippen molar-refractivity contribution in [3.63, 3.8) is 0 Å². The van der Waals surface area contributed by atoms with Gasteiger partial charge < -0.3 is 0 Å². The summed E-state index contributed by atoms with van der Waals surface area (Å²) in [6.07, 6.45) is 8.27. The molecule has 0 N–H and O–H groups in total. The lowest BCUT2D eigenvalue weighted by Gasteiger charge is -2.23. The molecule has 0 aliphatic heterocycles. The topological polar surface area (TPSA) is 0 Å². The Morgan fingerprint density at radius 2 is 1.40 bits per heavy atom. The molecule has 0 spiro atoms. The first-order chi connectivity index (χ1) is 9.86. The third-order valence-corrected chi connectivity index (χ3v) is 5.43. The Morgan fingerprint density at radius 1 is 0.900 bits per heavy atom. The number of hydrogen-bond donors (Lipinski definition) is 1. The van der Waals surface area contributed by atoms with Gasteiger partial charge in [0.25, 0.3) is 0 Å². The smallest absolute Gasteiger partial charge is 0.00452 e. The van der Waals surface area contributed by atoms with Gasteiger partial charge in [-0.15, -0.1) is 0 Å². The molecule has 0 aromatic heterocycles. The van der Waals surface area contributed by atoms with Crippen LogP contribution in [0.2, 0.25) is 0 Å². The Labute approximate surface area is 124 Å². The first-order valence-electron chi connectivity index (χ1n) is 6.72. The van der Waals surface area contributed by atoms with Gasteiger partial charge in [-0.05, 0) is 45.9 Å².